The lowest BCUT2D eigenvalue weighted by molar-refractivity contribution is -0.0132. The smallest absolute Gasteiger partial charge is 0.319 e. The number of pyridine rings is 1. The molecule has 256 valence electrons. The molecular formula is C35H38F2N8O3S. The van der Waals surface area contributed by atoms with Crippen LogP contribution in [0, 0.1) is 23.0 Å². The van der Waals surface area contributed by atoms with E-state index in [1.165, 1.54) is 0 Å². The minimum Gasteiger partial charge on any atom is -0.461 e. The third kappa shape index (κ3) is 4.80. The number of benzene rings is 1. The van der Waals surface area contributed by atoms with Crippen LogP contribution < -0.4 is 15.4 Å². The summed E-state index contributed by atoms with van der Waals surface area (Å²) in [7, 11) is 1.73. The van der Waals surface area contributed by atoms with Crippen LogP contribution in [0.2, 0.25) is 0 Å². The Morgan fingerprint density at radius 1 is 1.12 bits per heavy atom. The lowest BCUT2D eigenvalue weighted by atomic mass is 9.86. The molecule has 4 fully saturated rings. The highest BCUT2D eigenvalue weighted by Crippen LogP contribution is 2.48. The van der Waals surface area contributed by atoms with E-state index < -0.39 is 11.6 Å². The molecule has 0 spiro atoms. The number of rotatable bonds is 9. The Morgan fingerprint density at radius 2 is 1.94 bits per heavy atom. The Morgan fingerprint density at radius 3 is 2.67 bits per heavy atom. The molecule has 0 saturated carbocycles. The van der Waals surface area contributed by atoms with Gasteiger partial charge in [0.15, 0.2) is 11.6 Å². The van der Waals surface area contributed by atoms with Crippen LogP contribution in [-0.2, 0) is 22.7 Å². The van der Waals surface area contributed by atoms with Crippen molar-refractivity contribution in [3.05, 3.63) is 34.5 Å². The van der Waals surface area contributed by atoms with Crippen LogP contribution in [0.5, 0.6) is 6.01 Å². The molecule has 3 unspecified atom stereocenters. The summed E-state index contributed by atoms with van der Waals surface area (Å²) in [6.45, 7) is 6.39. The Balaban J connectivity index is 1.22. The van der Waals surface area contributed by atoms with Crippen molar-refractivity contribution in [3.63, 3.8) is 0 Å². The first-order valence-electron chi connectivity index (χ1n) is 17.2. The number of nitriles is 1. The second kappa shape index (κ2) is 11.9. The fraction of sp³-hybridized carbons (Fsp3) is 0.543. The average molecular weight is 689 g/mol. The summed E-state index contributed by atoms with van der Waals surface area (Å²) < 4.78 is 50.4. The molecule has 9 rings (SSSR count). The van der Waals surface area contributed by atoms with Gasteiger partial charge in [-0.1, -0.05) is 0 Å². The number of methoxy groups -OCH3 is 1. The van der Waals surface area contributed by atoms with Gasteiger partial charge in [-0.05, 0) is 56.2 Å². The predicted octanol–water partition coefficient (Wildman–Crippen LogP) is 4.98. The molecule has 49 heavy (non-hydrogen) atoms. The second-order valence-electron chi connectivity index (χ2n) is 14.1. The lowest BCUT2D eigenvalue weighted by Gasteiger charge is -2.47. The first-order valence-corrected chi connectivity index (χ1v) is 18.0. The summed E-state index contributed by atoms with van der Waals surface area (Å²) >= 11 is 0.962. The predicted molar refractivity (Wildman–Crippen MR) is 182 cm³/mol. The van der Waals surface area contributed by atoms with Gasteiger partial charge < -0.3 is 24.8 Å². The minimum atomic E-state index is -0.614. The fourth-order valence-electron chi connectivity index (χ4n) is 9.08. The summed E-state index contributed by atoms with van der Waals surface area (Å²) in [6, 6.07) is 2.65. The third-order valence-corrected chi connectivity index (χ3v) is 12.5. The van der Waals surface area contributed by atoms with Crippen molar-refractivity contribution in [2.45, 2.75) is 69.4 Å². The highest BCUT2D eigenvalue weighted by Gasteiger charge is 2.49. The highest BCUT2D eigenvalue weighted by atomic mass is 32.1. The molecule has 2 bridgehead atoms. The number of ether oxygens (including phenoxy) is 3. The molecule has 3 aromatic heterocycles. The largest absolute Gasteiger partial charge is 0.461 e. The minimum absolute atomic E-state index is 0.0168. The Hall–Kier alpha value is -3.74. The maximum atomic E-state index is 17.5. The van der Waals surface area contributed by atoms with Crippen molar-refractivity contribution >= 4 is 43.1 Å². The lowest BCUT2D eigenvalue weighted by Crippen LogP contribution is -2.59. The zero-order chi connectivity index (χ0) is 33.4. The van der Waals surface area contributed by atoms with Crippen molar-refractivity contribution < 1.29 is 23.0 Å². The summed E-state index contributed by atoms with van der Waals surface area (Å²) in [5, 5.41) is 11.0. The first-order chi connectivity index (χ1) is 23.9. The second-order valence-corrected chi connectivity index (χ2v) is 15.1. The molecule has 5 aliphatic rings. The summed E-state index contributed by atoms with van der Waals surface area (Å²) in [5.74, 6) is -0.545. The number of likely N-dealkylation sites (tertiary alicyclic amines) is 1. The maximum absolute atomic E-state index is 17.5. The van der Waals surface area contributed by atoms with E-state index in [9.17, 15) is 5.26 Å². The van der Waals surface area contributed by atoms with Crippen LogP contribution in [-0.4, -0.2) is 95.4 Å². The van der Waals surface area contributed by atoms with Gasteiger partial charge in [-0.3, -0.25) is 14.8 Å². The molecule has 4 saturated heterocycles. The van der Waals surface area contributed by atoms with E-state index in [-0.39, 0.29) is 74.3 Å². The van der Waals surface area contributed by atoms with Crippen molar-refractivity contribution in [1.29, 1.82) is 5.26 Å². The third-order valence-electron chi connectivity index (χ3n) is 11.5. The zero-order valence-electron chi connectivity index (χ0n) is 27.4. The summed E-state index contributed by atoms with van der Waals surface area (Å²) in [5.41, 5.74) is 8.05. The van der Waals surface area contributed by atoms with Crippen molar-refractivity contribution in [2.24, 2.45) is 0 Å². The summed E-state index contributed by atoms with van der Waals surface area (Å²) in [4.78, 5) is 21.6. The van der Waals surface area contributed by atoms with Gasteiger partial charge in [0, 0.05) is 62.9 Å². The van der Waals surface area contributed by atoms with Crippen LogP contribution >= 0.6 is 11.3 Å². The van der Waals surface area contributed by atoms with Crippen LogP contribution in [0.15, 0.2) is 6.20 Å². The van der Waals surface area contributed by atoms with Gasteiger partial charge in [0.1, 0.15) is 29.0 Å². The van der Waals surface area contributed by atoms with Crippen LogP contribution in [0.1, 0.15) is 55.2 Å². The summed E-state index contributed by atoms with van der Waals surface area (Å²) in [6.07, 6.45) is 7.31. The normalized spacial score (nSPS) is 24.8. The SMILES string of the molecule is COCCCN1CC2CCC(C1)N2c1nc(OCC23CCCN2CC3)nc2c(F)c(-c3ncc(F)c4sc(N)c(C#N)c34)c3c(c12)COC3. The average Bonchev–Trinajstić information content (AvgIpc) is 3.84. The number of halogens is 2. The first kappa shape index (κ1) is 31.3. The molecule has 3 atom stereocenters. The number of fused-ring (bicyclic) bond motifs is 7. The van der Waals surface area contributed by atoms with Gasteiger partial charge >= 0.3 is 6.01 Å². The number of thiophene rings is 1. The van der Waals surface area contributed by atoms with E-state index in [0.29, 0.717) is 23.4 Å². The van der Waals surface area contributed by atoms with Gasteiger partial charge in [-0.15, -0.1) is 11.3 Å². The Labute approximate surface area is 286 Å². The van der Waals surface area contributed by atoms with E-state index in [0.717, 1.165) is 101 Å². The molecule has 2 N–H and O–H groups in total. The number of nitrogen functional groups attached to an aromatic ring is 1. The van der Waals surface area contributed by atoms with E-state index in [1.807, 2.05) is 0 Å². The number of nitrogens with zero attached hydrogens (tertiary/aromatic N) is 7. The number of piperazine rings is 1. The van der Waals surface area contributed by atoms with Gasteiger partial charge in [0.05, 0.1) is 46.3 Å². The molecule has 14 heteroatoms. The Kier molecular flexibility index (Phi) is 7.62. The van der Waals surface area contributed by atoms with Gasteiger partial charge in [-0.25, -0.2) is 8.78 Å². The molecule has 0 radical (unpaired) electrons. The monoisotopic (exact) mass is 688 g/mol. The highest BCUT2D eigenvalue weighted by molar-refractivity contribution is 7.23. The molecule has 0 aliphatic carbocycles. The van der Waals surface area contributed by atoms with Crippen LogP contribution in [0.3, 0.4) is 0 Å². The molecular weight excluding hydrogens is 651 g/mol. The topological polar surface area (TPSA) is 126 Å². The molecule has 1 aromatic carbocycles. The standard InChI is InChI=1S/C35H38F2N8O3S/c1-46-11-3-8-43-14-19-4-5-20(15-43)45(19)33-27-23-17-47-16-22(23)25(29-26-21(12-38)32(39)49-31(26)24(36)13-40-29)28(37)30(27)41-34(42-33)48-18-35-6-2-9-44(35)10-7-35/h13,19-20H,2-11,14-18,39H2,1H3. The Bertz CT molecular complexity index is 2020. The zero-order valence-corrected chi connectivity index (χ0v) is 28.3. The van der Waals surface area contributed by atoms with Gasteiger partial charge in [-0.2, -0.15) is 15.2 Å². The van der Waals surface area contributed by atoms with Gasteiger partial charge in [0.2, 0.25) is 0 Å². The van der Waals surface area contributed by atoms with Crippen LogP contribution in [0.25, 0.3) is 32.2 Å². The van der Waals surface area contributed by atoms with E-state index in [4.69, 9.17) is 29.9 Å². The van der Waals surface area contributed by atoms with Crippen molar-refractivity contribution in [2.75, 3.05) is 63.7 Å². The molecule has 0 amide bonds. The molecule has 4 aromatic rings. The molecule has 11 nitrogen and oxygen atoms in total. The number of hydrogen-bond acceptors (Lipinski definition) is 12. The fourth-order valence-corrected chi connectivity index (χ4v) is 10.0. The van der Waals surface area contributed by atoms with Crippen molar-refractivity contribution in [1.82, 2.24) is 24.8 Å². The number of aromatic nitrogens is 3. The van der Waals surface area contributed by atoms with E-state index in [2.05, 4.69) is 25.8 Å². The van der Waals surface area contributed by atoms with Gasteiger partial charge in [0.25, 0.3) is 0 Å². The molecule has 5 aliphatic heterocycles. The van der Waals surface area contributed by atoms with Crippen molar-refractivity contribution in [3.8, 4) is 23.3 Å². The number of hydrogen-bond donors (Lipinski definition) is 1. The van der Waals surface area contributed by atoms with Crippen LogP contribution in [0.4, 0.5) is 19.6 Å². The van der Waals surface area contributed by atoms with E-state index in [1.54, 1.807) is 7.11 Å². The maximum Gasteiger partial charge on any atom is 0.319 e. The van der Waals surface area contributed by atoms with E-state index >= 15 is 8.78 Å². The molecule has 8 heterocycles. The quantitative estimate of drug-likeness (QED) is 0.240. The number of nitrogens with two attached hydrogens (primary N) is 1. The number of anilines is 2.